The summed E-state index contributed by atoms with van der Waals surface area (Å²) in [5, 5.41) is 9.70. The number of aliphatic hydroxyl groups is 1. The highest BCUT2D eigenvalue weighted by atomic mass is 16.5. The first-order chi connectivity index (χ1) is 7.11. The van der Waals surface area contributed by atoms with Crippen molar-refractivity contribution >= 4 is 0 Å². The zero-order chi connectivity index (χ0) is 11.3. The van der Waals surface area contributed by atoms with Crippen LogP contribution in [0.3, 0.4) is 0 Å². The van der Waals surface area contributed by atoms with Gasteiger partial charge in [-0.1, -0.05) is 0 Å². The van der Waals surface area contributed by atoms with E-state index in [1.807, 2.05) is 6.92 Å². The number of nitrogens with zero attached hydrogens (tertiary/aromatic N) is 1. The lowest BCUT2D eigenvalue weighted by molar-refractivity contribution is -0.0817. The van der Waals surface area contributed by atoms with E-state index in [2.05, 4.69) is 18.7 Å². The number of β-amino-alcohol motifs (C(OH)–C–C–N with tert-alkyl or cyclic N) is 1. The molecule has 0 saturated carbocycles. The maximum absolute atomic E-state index is 9.70. The molecule has 4 nitrogen and oxygen atoms in total. The summed E-state index contributed by atoms with van der Waals surface area (Å²) in [6.07, 6.45) is 0.128. The van der Waals surface area contributed by atoms with Gasteiger partial charge >= 0.3 is 0 Å². The zero-order valence-corrected chi connectivity index (χ0v) is 9.98. The molecule has 0 amide bonds. The van der Waals surface area contributed by atoms with E-state index in [0.29, 0.717) is 19.8 Å². The van der Waals surface area contributed by atoms with Crippen molar-refractivity contribution in [2.24, 2.45) is 0 Å². The molecule has 1 fully saturated rings. The van der Waals surface area contributed by atoms with E-state index in [9.17, 15) is 5.11 Å². The monoisotopic (exact) mass is 217 g/mol. The maximum atomic E-state index is 9.70. The van der Waals surface area contributed by atoms with Crippen molar-refractivity contribution in [2.75, 3.05) is 32.8 Å². The summed E-state index contributed by atoms with van der Waals surface area (Å²) >= 11 is 0. The van der Waals surface area contributed by atoms with Crippen LogP contribution in [0.4, 0.5) is 0 Å². The summed E-state index contributed by atoms with van der Waals surface area (Å²) in [5.41, 5.74) is 0. The van der Waals surface area contributed by atoms with Crippen LogP contribution in [0, 0.1) is 0 Å². The standard InChI is InChI=1S/C11H23NO3/c1-4-14-8-11(13)7-12-5-9(2)15-10(3)6-12/h9-11,13H,4-8H2,1-3H3. The molecule has 90 valence electrons. The van der Waals surface area contributed by atoms with Crippen molar-refractivity contribution in [1.29, 1.82) is 0 Å². The van der Waals surface area contributed by atoms with Crippen LogP contribution < -0.4 is 0 Å². The molecule has 15 heavy (non-hydrogen) atoms. The summed E-state index contributed by atoms with van der Waals surface area (Å²) in [7, 11) is 0. The molecule has 1 aliphatic rings. The Hall–Kier alpha value is -0.160. The Morgan fingerprint density at radius 3 is 2.53 bits per heavy atom. The molecular formula is C11H23NO3. The van der Waals surface area contributed by atoms with Crippen molar-refractivity contribution in [3.05, 3.63) is 0 Å². The number of hydrogen-bond acceptors (Lipinski definition) is 4. The van der Waals surface area contributed by atoms with Gasteiger partial charge < -0.3 is 14.6 Å². The van der Waals surface area contributed by atoms with Crippen molar-refractivity contribution < 1.29 is 14.6 Å². The molecule has 1 aliphatic heterocycles. The topological polar surface area (TPSA) is 41.9 Å². The van der Waals surface area contributed by atoms with E-state index in [1.165, 1.54) is 0 Å². The van der Waals surface area contributed by atoms with Crippen molar-refractivity contribution in [3.63, 3.8) is 0 Å². The van der Waals surface area contributed by atoms with E-state index in [4.69, 9.17) is 9.47 Å². The summed E-state index contributed by atoms with van der Waals surface area (Å²) in [4.78, 5) is 2.24. The minimum atomic E-state index is -0.387. The second-order valence-electron chi connectivity index (χ2n) is 4.29. The number of rotatable bonds is 5. The highest BCUT2D eigenvalue weighted by Gasteiger charge is 2.23. The van der Waals surface area contributed by atoms with Crippen LogP contribution in [0.5, 0.6) is 0 Å². The quantitative estimate of drug-likeness (QED) is 0.728. The normalized spacial score (nSPS) is 30.4. The van der Waals surface area contributed by atoms with E-state index in [1.54, 1.807) is 0 Å². The zero-order valence-electron chi connectivity index (χ0n) is 9.98. The first-order valence-corrected chi connectivity index (χ1v) is 5.75. The Morgan fingerprint density at radius 1 is 1.40 bits per heavy atom. The van der Waals surface area contributed by atoms with Crippen LogP contribution in [0.25, 0.3) is 0 Å². The van der Waals surface area contributed by atoms with Crippen molar-refractivity contribution in [1.82, 2.24) is 4.90 Å². The predicted molar refractivity (Wildman–Crippen MR) is 58.9 cm³/mol. The minimum Gasteiger partial charge on any atom is -0.389 e. The van der Waals surface area contributed by atoms with E-state index in [0.717, 1.165) is 13.1 Å². The van der Waals surface area contributed by atoms with Crippen molar-refractivity contribution in [2.45, 2.75) is 39.1 Å². The second-order valence-corrected chi connectivity index (χ2v) is 4.29. The smallest absolute Gasteiger partial charge is 0.0900 e. The number of morpholine rings is 1. The van der Waals surface area contributed by atoms with Crippen LogP contribution in [-0.2, 0) is 9.47 Å². The van der Waals surface area contributed by atoms with Crippen molar-refractivity contribution in [3.8, 4) is 0 Å². The van der Waals surface area contributed by atoms with Crippen LogP contribution in [0.15, 0.2) is 0 Å². The molecule has 1 saturated heterocycles. The fraction of sp³-hybridized carbons (Fsp3) is 1.00. The number of ether oxygens (including phenoxy) is 2. The average Bonchev–Trinajstić information content (AvgIpc) is 2.13. The fourth-order valence-corrected chi connectivity index (χ4v) is 2.04. The first-order valence-electron chi connectivity index (χ1n) is 5.75. The van der Waals surface area contributed by atoms with Crippen LogP contribution >= 0.6 is 0 Å². The Labute approximate surface area is 92.2 Å². The molecule has 0 aromatic carbocycles. The van der Waals surface area contributed by atoms with Gasteiger partial charge in [0.05, 0.1) is 24.9 Å². The molecule has 0 radical (unpaired) electrons. The van der Waals surface area contributed by atoms with E-state index >= 15 is 0 Å². The third-order valence-corrected chi connectivity index (χ3v) is 2.48. The summed E-state index contributed by atoms with van der Waals surface area (Å²) in [5.74, 6) is 0. The lowest BCUT2D eigenvalue weighted by atomic mass is 10.2. The number of aliphatic hydroxyl groups excluding tert-OH is 1. The lowest BCUT2D eigenvalue weighted by Gasteiger charge is -2.36. The summed E-state index contributed by atoms with van der Waals surface area (Å²) in [6, 6.07) is 0. The van der Waals surface area contributed by atoms with Gasteiger partial charge in [0.2, 0.25) is 0 Å². The molecular weight excluding hydrogens is 194 g/mol. The fourth-order valence-electron chi connectivity index (χ4n) is 2.04. The van der Waals surface area contributed by atoms with Gasteiger partial charge in [0.1, 0.15) is 0 Å². The second kappa shape index (κ2) is 6.43. The van der Waals surface area contributed by atoms with Gasteiger partial charge in [0.15, 0.2) is 0 Å². The highest BCUT2D eigenvalue weighted by molar-refractivity contribution is 4.75. The summed E-state index contributed by atoms with van der Waals surface area (Å²) in [6.45, 7) is 9.63. The van der Waals surface area contributed by atoms with Crippen LogP contribution in [-0.4, -0.2) is 61.2 Å². The average molecular weight is 217 g/mol. The van der Waals surface area contributed by atoms with Crippen LogP contribution in [0.2, 0.25) is 0 Å². The van der Waals surface area contributed by atoms with Gasteiger partial charge in [-0.2, -0.15) is 0 Å². The van der Waals surface area contributed by atoms with Gasteiger partial charge in [0, 0.05) is 26.2 Å². The molecule has 1 rings (SSSR count). The van der Waals surface area contributed by atoms with Gasteiger partial charge in [-0.3, -0.25) is 4.90 Å². The summed E-state index contributed by atoms with van der Waals surface area (Å²) < 4.78 is 10.8. The molecule has 0 bridgehead atoms. The van der Waals surface area contributed by atoms with E-state index < -0.39 is 0 Å². The Kier molecular flexibility index (Phi) is 5.53. The maximum Gasteiger partial charge on any atom is 0.0900 e. The molecule has 0 aliphatic carbocycles. The molecule has 4 heteroatoms. The Morgan fingerprint density at radius 2 is 2.00 bits per heavy atom. The van der Waals surface area contributed by atoms with Gasteiger partial charge in [0.25, 0.3) is 0 Å². The third-order valence-electron chi connectivity index (χ3n) is 2.48. The Balaban J connectivity index is 2.24. The molecule has 3 unspecified atom stereocenters. The predicted octanol–water partition coefficient (Wildman–Crippen LogP) is 0.493. The molecule has 1 heterocycles. The molecule has 1 N–H and O–H groups in total. The lowest BCUT2D eigenvalue weighted by Crippen LogP contribution is -2.48. The largest absolute Gasteiger partial charge is 0.389 e. The first kappa shape index (κ1) is 12.9. The molecule has 0 spiro atoms. The van der Waals surface area contributed by atoms with Gasteiger partial charge in [-0.15, -0.1) is 0 Å². The minimum absolute atomic E-state index is 0.257. The number of hydrogen-bond donors (Lipinski definition) is 1. The van der Waals surface area contributed by atoms with Crippen LogP contribution in [0.1, 0.15) is 20.8 Å². The Bertz CT molecular complexity index is 167. The SMILES string of the molecule is CCOCC(O)CN1CC(C)OC(C)C1. The van der Waals surface area contributed by atoms with Gasteiger partial charge in [-0.25, -0.2) is 0 Å². The molecule has 0 aromatic rings. The molecule has 0 aromatic heterocycles. The van der Waals surface area contributed by atoms with Gasteiger partial charge in [-0.05, 0) is 20.8 Å². The molecule has 3 atom stereocenters. The highest BCUT2D eigenvalue weighted by Crippen LogP contribution is 2.10. The van der Waals surface area contributed by atoms with E-state index in [-0.39, 0.29) is 18.3 Å². The third kappa shape index (κ3) is 4.93.